The van der Waals surface area contributed by atoms with Crippen LogP contribution in [0.25, 0.3) is 0 Å². The molecule has 2 aliphatic heterocycles. The van der Waals surface area contributed by atoms with E-state index >= 15 is 0 Å². The molecule has 0 N–H and O–H groups in total. The molecule has 5 heteroatoms. The van der Waals surface area contributed by atoms with Crippen LogP contribution in [0.3, 0.4) is 0 Å². The summed E-state index contributed by atoms with van der Waals surface area (Å²) in [7, 11) is 0. The molecule has 3 heterocycles. The zero-order valence-electron chi connectivity index (χ0n) is 15.5. The lowest BCUT2D eigenvalue weighted by molar-refractivity contribution is -0.132. The fourth-order valence-electron chi connectivity index (χ4n) is 4.09. The van der Waals surface area contributed by atoms with E-state index in [1.807, 2.05) is 13.1 Å². The minimum absolute atomic E-state index is 0.00847. The first kappa shape index (κ1) is 17.5. The SMILES string of the molecule is CCC(=O)N1CCC[C@@H]1[C@@H]1CCCN1Cc1ncc(C(C)(C)C)o1. The Kier molecular flexibility index (Phi) is 5.00. The van der Waals surface area contributed by atoms with Gasteiger partial charge in [-0.05, 0) is 32.2 Å². The number of hydrogen-bond donors (Lipinski definition) is 0. The van der Waals surface area contributed by atoms with Gasteiger partial charge in [0, 0.05) is 30.5 Å². The third-order valence-corrected chi connectivity index (χ3v) is 5.41. The highest BCUT2D eigenvalue weighted by Gasteiger charge is 2.39. The van der Waals surface area contributed by atoms with Crippen LogP contribution in [0, 0.1) is 0 Å². The van der Waals surface area contributed by atoms with Crippen molar-refractivity contribution in [3.05, 3.63) is 17.8 Å². The molecule has 2 aliphatic rings. The number of carbonyl (C=O) groups is 1. The molecule has 2 saturated heterocycles. The molecule has 0 aromatic carbocycles. The third kappa shape index (κ3) is 3.51. The van der Waals surface area contributed by atoms with Crippen LogP contribution in [0.15, 0.2) is 10.6 Å². The largest absolute Gasteiger partial charge is 0.444 e. The van der Waals surface area contributed by atoms with E-state index in [-0.39, 0.29) is 5.41 Å². The molecular formula is C19H31N3O2. The summed E-state index contributed by atoms with van der Waals surface area (Å²) in [5.74, 6) is 2.05. The fraction of sp³-hybridized carbons (Fsp3) is 0.789. The van der Waals surface area contributed by atoms with Gasteiger partial charge in [-0.15, -0.1) is 0 Å². The molecule has 2 fully saturated rings. The molecule has 0 spiro atoms. The Hall–Kier alpha value is -1.36. The lowest BCUT2D eigenvalue weighted by Crippen LogP contribution is -2.47. The monoisotopic (exact) mass is 333 g/mol. The number of amides is 1. The summed E-state index contributed by atoms with van der Waals surface area (Å²) >= 11 is 0. The van der Waals surface area contributed by atoms with Crippen molar-refractivity contribution >= 4 is 5.91 Å². The normalized spacial score (nSPS) is 25.6. The number of oxazole rings is 1. The first-order valence-electron chi connectivity index (χ1n) is 9.39. The highest BCUT2D eigenvalue weighted by Crippen LogP contribution is 2.32. The van der Waals surface area contributed by atoms with Crippen LogP contribution in [-0.4, -0.2) is 45.9 Å². The van der Waals surface area contributed by atoms with Crippen molar-refractivity contribution in [2.24, 2.45) is 0 Å². The summed E-state index contributed by atoms with van der Waals surface area (Å²) in [6.07, 6.45) is 7.10. The maximum atomic E-state index is 12.2. The van der Waals surface area contributed by atoms with Crippen molar-refractivity contribution in [2.75, 3.05) is 13.1 Å². The summed E-state index contributed by atoms with van der Waals surface area (Å²) in [5.41, 5.74) is -0.00847. The summed E-state index contributed by atoms with van der Waals surface area (Å²) < 4.78 is 5.98. The van der Waals surface area contributed by atoms with E-state index in [9.17, 15) is 4.79 Å². The van der Waals surface area contributed by atoms with E-state index in [1.165, 1.54) is 12.8 Å². The topological polar surface area (TPSA) is 49.6 Å². The van der Waals surface area contributed by atoms with Crippen molar-refractivity contribution < 1.29 is 9.21 Å². The van der Waals surface area contributed by atoms with E-state index < -0.39 is 0 Å². The van der Waals surface area contributed by atoms with Crippen LogP contribution in [0.5, 0.6) is 0 Å². The van der Waals surface area contributed by atoms with Gasteiger partial charge in [-0.2, -0.15) is 0 Å². The first-order chi connectivity index (χ1) is 11.4. The molecule has 1 aromatic rings. The molecule has 0 saturated carbocycles. The molecule has 0 bridgehead atoms. The van der Waals surface area contributed by atoms with Gasteiger partial charge in [-0.25, -0.2) is 4.98 Å². The smallest absolute Gasteiger partial charge is 0.222 e. The third-order valence-electron chi connectivity index (χ3n) is 5.41. The molecule has 2 atom stereocenters. The Balaban J connectivity index is 1.69. The van der Waals surface area contributed by atoms with Crippen molar-refractivity contribution in [2.45, 2.75) is 83.8 Å². The first-order valence-corrected chi connectivity index (χ1v) is 9.39. The molecule has 0 radical (unpaired) electrons. The van der Waals surface area contributed by atoms with E-state index in [2.05, 4.69) is 35.6 Å². The van der Waals surface area contributed by atoms with Crippen LogP contribution >= 0.6 is 0 Å². The van der Waals surface area contributed by atoms with E-state index in [0.29, 0.717) is 24.4 Å². The van der Waals surface area contributed by atoms with Crippen LogP contribution < -0.4 is 0 Å². The Morgan fingerprint density at radius 3 is 2.62 bits per heavy atom. The maximum absolute atomic E-state index is 12.2. The number of likely N-dealkylation sites (tertiary alicyclic amines) is 2. The molecule has 134 valence electrons. The lowest BCUT2D eigenvalue weighted by atomic mass is 9.94. The molecule has 24 heavy (non-hydrogen) atoms. The predicted octanol–water partition coefficient (Wildman–Crippen LogP) is 3.34. The summed E-state index contributed by atoms with van der Waals surface area (Å²) in [6.45, 7) is 11.1. The molecule has 5 nitrogen and oxygen atoms in total. The second-order valence-corrected chi connectivity index (χ2v) is 8.20. The van der Waals surface area contributed by atoms with Gasteiger partial charge in [0.25, 0.3) is 0 Å². The molecule has 0 aliphatic carbocycles. The highest BCUT2D eigenvalue weighted by molar-refractivity contribution is 5.76. The predicted molar refractivity (Wildman–Crippen MR) is 93.7 cm³/mol. The van der Waals surface area contributed by atoms with Gasteiger partial charge >= 0.3 is 0 Å². The Bertz CT molecular complexity index is 575. The number of aromatic nitrogens is 1. The van der Waals surface area contributed by atoms with Crippen LogP contribution in [0.4, 0.5) is 0 Å². The Labute approximate surface area is 145 Å². The maximum Gasteiger partial charge on any atom is 0.222 e. The molecule has 1 amide bonds. The molecular weight excluding hydrogens is 302 g/mol. The second kappa shape index (κ2) is 6.87. The summed E-state index contributed by atoms with van der Waals surface area (Å²) in [5, 5.41) is 0. The minimum Gasteiger partial charge on any atom is -0.444 e. The molecule has 3 rings (SSSR count). The number of nitrogens with zero attached hydrogens (tertiary/aromatic N) is 3. The fourth-order valence-corrected chi connectivity index (χ4v) is 4.09. The van der Waals surface area contributed by atoms with Crippen LogP contribution in [-0.2, 0) is 16.8 Å². The van der Waals surface area contributed by atoms with Crippen LogP contribution in [0.1, 0.15) is 71.5 Å². The van der Waals surface area contributed by atoms with Gasteiger partial charge in [0.1, 0.15) is 5.76 Å². The molecule has 0 unspecified atom stereocenters. The van der Waals surface area contributed by atoms with Crippen molar-refractivity contribution in [1.82, 2.24) is 14.8 Å². The Morgan fingerprint density at radius 1 is 1.25 bits per heavy atom. The van der Waals surface area contributed by atoms with E-state index in [1.54, 1.807) is 0 Å². The van der Waals surface area contributed by atoms with Crippen LogP contribution in [0.2, 0.25) is 0 Å². The number of rotatable bonds is 4. The van der Waals surface area contributed by atoms with Gasteiger partial charge < -0.3 is 9.32 Å². The summed E-state index contributed by atoms with van der Waals surface area (Å²) in [6, 6.07) is 0.824. The van der Waals surface area contributed by atoms with Gasteiger partial charge in [0.15, 0.2) is 0 Å². The average Bonchev–Trinajstić information content (AvgIpc) is 3.25. The zero-order chi connectivity index (χ0) is 17.3. The lowest BCUT2D eigenvalue weighted by Gasteiger charge is -2.34. The standard InChI is InChI=1S/C19H31N3O2/c1-5-18(23)22-11-7-9-15(22)14-8-6-10-21(14)13-17-20-12-16(24-17)19(2,3)4/h12,14-15H,5-11,13H2,1-4H3/t14-,15+/m0/s1. The average molecular weight is 333 g/mol. The minimum atomic E-state index is -0.00847. The van der Waals surface area contributed by atoms with Gasteiger partial charge in [-0.3, -0.25) is 9.69 Å². The number of carbonyl (C=O) groups excluding carboxylic acids is 1. The quantitative estimate of drug-likeness (QED) is 0.848. The zero-order valence-corrected chi connectivity index (χ0v) is 15.5. The summed E-state index contributed by atoms with van der Waals surface area (Å²) in [4.78, 5) is 21.3. The Morgan fingerprint density at radius 2 is 1.96 bits per heavy atom. The van der Waals surface area contributed by atoms with Crippen molar-refractivity contribution in [3.63, 3.8) is 0 Å². The van der Waals surface area contributed by atoms with E-state index in [0.717, 1.165) is 44.1 Å². The van der Waals surface area contributed by atoms with Gasteiger partial charge in [0.2, 0.25) is 11.8 Å². The van der Waals surface area contributed by atoms with Gasteiger partial charge in [0.05, 0.1) is 12.7 Å². The number of hydrogen-bond acceptors (Lipinski definition) is 4. The van der Waals surface area contributed by atoms with Gasteiger partial charge in [-0.1, -0.05) is 27.7 Å². The highest BCUT2D eigenvalue weighted by atomic mass is 16.4. The van der Waals surface area contributed by atoms with Crippen molar-refractivity contribution in [3.8, 4) is 0 Å². The second-order valence-electron chi connectivity index (χ2n) is 8.20. The van der Waals surface area contributed by atoms with E-state index in [4.69, 9.17) is 4.42 Å². The van der Waals surface area contributed by atoms with Crippen molar-refractivity contribution in [1.29, 1.82) is 0 Å². The molecule has 1 aromatic heterocycles.